The molecule has 3 rings (SSSR count). The van der Waals surface area contributed by atoms with Crippen molar-refractivity contribution in [1.82, 2.24) is 4.90 Å². The molecule has 0 radical (unpaired) electrons. The number of nitrogens with zero attached hydrogens (tertiary/aromatic N) is 1. The molecule has 0 aliphatic carbocycles. The van der Waals surface area contributed by atoms with Crippen molar-refractivity contribution in [2.24, 2.45) is 0 Å². The third kappa shape index (κ3) is 5.54. The van der Waals surface area contributed by atoms with Gasteiger partial charge in [0.05, 0.1) is 11.3 Å². The molecule has 0 bridgehead atoms. The summed E-state index contributed by atoms with van der Waals surface area (Å²) in [5.74, 6) is -1.34. The third-order valence-corrected chi connectivity index (χ3v) is 4.45. The molecule has 0 saturated heterocycles. The Hall–Kier alpha value is -3.93. The zero-order valence-corrected chi connectivity index (χ0v) is 16.6. The van der Waals surface area contributed by atoms with E-state index in [9.17, 15) is 14.4 Å². The Morgan fingerprint density at radius 1 is 0.833 bits per heavy atom. The standard InChI is InChI=1S/C24H22N2O4/c1-26(16-18-10-4-2-5-11-18)22(27)17-30-24(29)20-14-8-9-15-21(20)25-23(28)19-12-6-3-7-13-19/h2-15H,16-17H2,1H3,(H,25,28). The van der Waals surface area contributed by atoms with E-state index in [0.29, 0.717) is 17.8 Å². The molecule has 0 unspecified atom stereocenters. The van der Waals surface area contributed by atoms with Gasteiger partial charge in [0.1, 0.15) is 0 Å². The number of carbonyl (C=O) groups is 3. The van der Waals surface area contributed by atoms with Gasteiger partial charge in [0, 0.05) is 19.2 Å². The van der Waals surface area contributed by atoms with Gasteiger partial charge in [-0.15, -0.1) is 0 Å². The molecule has 1 N–H and O–H groups in total. The third-order valence-electron chi connectivity index (χ3n) is 4.45. The highest BCUT2D eigenvalue weighted by molar-refractivity contribution is 6.08. The lowest BCUT2D eigenvalue weighted by molar-refractivity contribution is -0.133. The van der Waals surface area contributed by atoms with E-state index in [4.69, 9.17) is 4.74 Å². The molecule has 6 heteroatoms. The van der Waals surface area contributed by atoms with Crippen LogP contribution in [-0.2, 0) is 16.1 Å². The predicted octanol–water partition coefficient (Wildman–Crippen LogP) is 3.75. The lowest BCUT2D eigenvalue weighted by Crippen LogP contribution is -2.31. The summed E-state index contributed by atoms with van der Waals surface area (Å²) in [5.41, 5.74) is 1.95. The van der Waals surface area contributed by atoms with Crippen molar-refractivity contribution in [3.63, 3.8) is 0 Å². The number of hydrogen-bond acceptors (Lipinski definition) is 4. The summed E-state index contributed by atoms with van der Waals surface area (Å²) in [6.45, 7) is 0.0318. The minimum atomic E-state index is -0.680. The van der Waals surface area contributed by atoms with E-state index in [-0.39, 0.29) is 24.0 Å². The number of anilines is 1. The Kier molecular flexibility index (Phi) is 6.95. The molecule has 0 aliphatic rings. The zero-order valence-electron chi connectivity index (χ0n) is 16.6. The number of likely N-dealkylation sites (N-methyl/N-ethyl adjacent to an activating group) is 1. The summed E-state index contributed by atoms with van der Waals surface area (Å²) in [5, 5.41) is 2.72. The zero-order chi connectivity index (χ0) is 21.3. The first-order valence-electron chi connectivity index (χ1n) is 9.45. The fourth-order valence-corrected chi connectivity index (χ4v) is 2.81. The van der Waals surface area contributed by atoms with Crippen LogP contribution in [0.5, 0.6) is 0 Å². The Balaban J connectivity index is 1.60. The molecule has 3 aromatic rings. The van der Waals surface area contributed by atoms with E-state index < -0.39 is 5.97 Å². The van der Waals surface area contributed by atoms with Crippen LogP contribution in [0.2, 0.25) is 0 Å². The first kappa shape index (κ1) is 20.8. The van der Waals surface area contributed by atoms with Gasteiger partial charge < -0.3 is 15.0 Å². The molecule has 0 aromatic heterocycles. The summed E-state index contributed by atoms with van der Waals surface area (Å²) >= 11 is 0. The Morgan fingerprint density at radius 2 is 1.43 bits per heavy atom. The molecule has 0 saturated carbocycles. The highest BCUT2D eigenvalue weighted by Crippen LogP contribution is 2.17. The molecule has 152 valence electrons. The quantitative estimate of drug-likeness (QED) is 0.611. The molecule has 30 heavy (non-hydrogen) atoms. The number of benzene rings is 3. The van der Waals surface area contributed by atoms with E-state index in [0.717, 1.165) is 5.56 Å². The summed E-state index contributed by atoms with van der Waals surface area (Å²) in [4.78, 5) is 38.7. The minimum Gasteiger partial charge on any atom is -0.452 e. The number of carbonyl (C=O) groups excluding carboxylic acids is 3. The fourth-order valence-electron chi connectivity index (χ4n) is 2.81. The molecule has 2 amide bonds. The lowest BCUT2D eigenvalue weighted by atomic mass is 10.1. The monoisotopic (exact) mass is 402 g/mol. The Morgan fingerprint density at radius 3 is 2.13 bits per heavy atom. The number of esters is 1. The smallest absolute Gasteiger partial charge is 0.340 e. The summed E-state index contributed by atoms with van der Waals surface area (Å²) in [7, 11) is 1.65. The number of ether oxygens (including phenoxy) is 1. The van der Waals surface area contributed by atoms with Crippen LogP contribution >= 0.6 is 0 Å². The molecule has 0 aliphatic heterocycles. The second kappa shape index (κ2) is 10.0. The van der Waals surface area contributed by atoms with Gasteiger partial charge in [-0.2, -0.15) is 0 Å². The molecule has 0 fully saturated rings. The van der Waals surface area contributed by atoms with Gasteiger partial charge in [0.15, 0.2) is 6.61 Å². The van der Waals surface area contributed by atoms with E-state index >= 15 is 0 Å². The second-order valence-electron chi connectivity index (χ2n) is 6.68. The second-order valence-corrected chi connectivity index (χ2v) is 6.68. The van der Waals surface area contributed by atoms with Crippen LogP contribution in [0.1, 0.15) is 26.3 Å². The van der Waals surface area contributed by atoms with Gasteiger partial charge in [-0.05, 0) is 29.8 Å². The van der Waals surface area contributed by atoms with E-state index in [1.54, 1.807) is 55.6 Å². The number of rotatable bonds is 7. The first-order chi connectivity index (χ1) is 14.5. The number of nitrogens with one attached hydrogen (secondary N) is 1. The average Bonchev–Trinajstić information content (AvgIpc) is 2.78. The highest BCUT2D eigenvalue weighted by Gasteiger charge is 2.18. The summed E-state index contributed by atoms with van der Waals surface area (Å²) in [6, 6.07) is 24.7. The van der Waals surface area contributed by atoms with Crippen molar-refractivity contribution in [1.29, 1.82) is 0 Å². The molecule has 6 nitrogen and oxygen atoms in total. The SMILES string of the molecule is CN(Cc1ccccc1)C(=O)COC(=O)c1ccccc1NC(=O)c1ccccc1. The topological polar surface area (TPSA) is 75.7 Å². The first-order valence-corrected chi connectivity index (χ1v) is 9.45. The largest absolute Gasteiger partial charge is 0.452 e. The average molecular weight is 402 g/mol. The Bertz CT molecular complexity index is 1020. The van der Waals surface area contributed by atoms with Crippen molar-refractivity contribution in [2.75, 3.05) is 19.0 Å². The van der Waals surface area contributed by atoms with Crippen LogP contribution in [0.4, 0.5) is 5.69 Å². The van der Waals surface area contributed by atoms with Crippen LogP contribution in [-0.4, -0.2) is 36.3 Å². The Labute approximate surface area is 175 Å². The predicted molar refractivity (Wildman–Crippen MR) is 114 cm³/mol. The van der Waals surface area contributed by atoms with Gasteiger partial charge >= 0.3 is 5.97 Å². The van der Waals surface area contributed by atoms with Crippen molar-refractivity contribution in [3.05, 3.63) is 102 Å². The molecule has 0 heterocycles. The molecular weight excluding hydrogens is 380 g/mol. The van der Waals surface area contributed by atoms with Crippen LogP contribution in [0.25, 0.3) is 0 Å². The van der Waals surface area contributed by atoms with Crippen molar-refractivity contribution < 1.29 is 19.1 Å². The van der Waals surface area contributed by atoms with E-state index in [2.05, 4.69) is 5.32 Å². The van der Waals surface area contributed by atoms with Crippen molar-refractivity contribution in [3.8, 4) is 0 Å². The molecule has 3 aromatic carbocycles. The maximum absolute atomic E-state index is 12.5. The highest BCUT2D eigenvalue weighted by atomic mass is 16.5. The van der Waals surface area contributed by atoms with E-state index in [1.807, 2.05) is 36.4 Å². The number of hydrogen-bond donors (Lipinski definition) is 1. The van der Waals surface area contributed by atoms with Crippen LogP contribution < -0.4 is 5.32 Å². The summed E-state index contributed by atoms with van der Waals surface area (Å²) in [6.07, 6.45) is 0. The van der Waals surface area contributed by atoms with E-state index in [1.165, 1.54) is 4.90 Å². The molecular formula is C24H22N2O4. The molecule has 0 spiro atoms. The maximum atomic E-state index is 12.5. The van der Waals surface area contributed by atoms with Crippen LogP contribution in [0.3, 0.4) is 0 Å². The maximum Gasteiger partial charge on any atom is 0.340 e. The van der Waals surface area contributed by atoms with Crippen molar-refractivity contribution in [2.45, 2.75) is 6.54 Å². The molecule has 0 atom stereocenters. The van der Waals surface area contributed by atoms with Gasteiger partial charge in [-0.3, -0.25) is 9.59 Å². The van der Waals surface area contributed by atoms with Crippen LogP contribution in [0, 0.1) is 0 Å². The van der Waals surface area contributed by atoms with Gasteiger partial charge in [0.25, 0.3) is 11.8 Å². The van der Waals surface area contributed by atoms with Gasteiger partial charge in [0.2, 0.25) is 0 Å². The summed E-state index contributed by atoms with van der Waals surface area (Å²) < 4.78 is 5.20. The van der Waals surface area contributed by atoms with Crippen LogP contribution in [0.15, 0.2) is 84.9 Å². The van der Waals surface area contributed by atoms with Gasteiger partial charge in [-0.25, -0.2) is 4.79 Å². The lowest BCUT2D eigenvalue weighted by Gasteiger charge is -2.17. The number of para-hydroxylation sites is 1. The normalized spacial score (nSPS) is 10.2. The van der Waals surface area contributed by atoms with Gasteiger partial charge in [-0.1, -0.05) is 60.7 Å². The number of amides is 2. The minimum absolute atomic E-state index is 0.181. The fraction of sp³-hybridized carbons (Fsp3) is 0.125. The van der Waals surface area contributed by atoms with Crippen molar-refractivity contribution >= 4 is 23.5 Å².